The number of hydrogen-bond acceptors (Lipinski definition) is 5. The fourth-order valence-electron chi connectivity index (χ4n) is 3.19. The molecule has 1 saturated heterocycles. The number of carbonyl (C=O) groups excluding carboxylic acids is 1. The third-order valence-electron chi connectivity index (χ3n) is 4.40. The van der Waals surface area contributed by atoms with Crippen LogP contribution in [0.3, 0.4) is 0 Å². The molecule has 1 aliphatic heterocycles. The molecule has 0 N–H and O–H groups in total. The standard InChI is InChI=1S/C17H23N5O/c1-2-10-22-17(18-19-20-22)13-21-11-6-9-15(21)12-16(23)14-7-4-3-5-8-14/h3-5,7-8,15H,2,6,9-13H2,1H3. The molecule has 1 aliphatic rings. The number of aryl methyl sites for hydroxylation is 1. The number of ketones is 1. The first-order valence-corrected chi connectivity index (χ1v) is 8.35. The van der Waals surface area contributed by atoms with E-state index in [1.165, 1.54) is 0 Å². The third kappa shape index (κ3) is 3.82. The Hall–Kier alpha value is -2.08. The van der Waals surface area contributed by atoms with Crippen LogP contribution in [0.1, 0.15) is 48.8 Å². The molecule has 0 aliphatic carbocycles. The lowest BCUT2D eigenvalue weighted by atomic mass is 10.0. The molecule has 1 aromatic heterocycles. The summed E-state index contributed by atoms with van der Waals surface area (Å²) in [5.74, 6) is 1.11. The number of hydrogen-bond donors (Lipinski definition) is 0. The maximum atomic E-state index is 12.4. The van der Waals surface area contributed by atoms with Crippen LogP contribution in [0.5, 0.6) is 0 Å². The average molecular weight is 313 g/mol. The summed E-state index contributed by atoms with van der Waals surface area (Å²) >= 11 is 0. The van der Waals surface area contributed by atoms with E-state index >= 15 is 0 Å². The molecule has 2 aromatic rings. The molecule has 2 heterocycles. The molecule has 1 aromatic carbocycles. The van der Waals surface area contributed by atoms with Crippen molar-refractivity contribution in [2.75, 3.05) is 6.54 Å². The minimum Gasteiger partial charge on any atom is -0.294 e. The Morgan fingerprint density at radius 1 is 1.30 bits per heavy atom. The molecular formula is C17H23N5O. The predicted molar refractivity (Wildman–Crippen MR) is 86.9 cm³/mol. The highest BCUT2D eigenvalue weighted by Gasteiger charge is 2.28. The number of benzene rings is 1. The van der Waals surface area contributed by atoms with Crippen molar-refractivity contribution in [2.24, 2.45) is 0 Å². The number of likely N-dealkylation sites (tertiary alicyclic amines) is 1. The highest BCUT2D eigenvalue weighted by Crippen LogP contribution is 2.23. The van der Waals surface area contributed by atoms with Gasteiger partial charge in [-0.05, 0) is 36.2 Å². The van der Waals surface area contributed by atoms with E-state index in [2.05, 4.69) is 27.3 Å². The second-order valence-corrected chi connectivity index (χ2v) is 6.08. The summed E-state index contributed by atoms with van der Waals surface area (Å²) in [4.78, 5) is 14.8. The van der Waals surface area contributed by atoms with Gasteiger partial charge in [-0.15, -0.1) is 5.10 Å². The first-order chi connectivity index (χ1) is 11.3. The summed E-state index contributed by atoms with van der Waals surface area (Å²) in [5.41, 5.74) is 0.801. The first kappa shape index (κ1) is 15.8. The molecule has 0 radical (unpaired) electrons. The molecule has 23 heavy (non-hydrogen) atoms. The van der Waals surface area contributed by atoms with Gasteiger partial charge in [0.1, 0.15) is 0 Å². The van der Waals surface area contributed by atoms with Gasteiger partial charge in [0, 0.05) is 24.6 Å². The number of nitrogens with zero attached hydrogens (tertiary/aromatic N) is 5. The number of tetrazole rings is 1. The van der Waals surface area contributed by atoms with Gasteiger partial charge in [0.25, 0.3) is 0 Å². The van der Waals surface area contributed by atoms with Gasteiger partial charge in [0.15, 0.2) is 11.6 Å². The van der Waals surface area contributed by atoms with Crippen LogP contribution < -0.4 is 0 Å². The van der Waals surface area contributed by atoms with Gasteiger partial charge in [-0.1, -0.05) is 37.3 Å². The van der Waals surface area contributed by atoms with Crippen molar-refractivity contribution in [3.8, 4) is 0 Å². The Bertz CT molecular complexity index is 639. The van der Waals surface area contributed by atoms with Crippen LogP contribution in [-0.4, -0.2) is 43.5 Å². The van der Waals surface area contributed by atoms with Crippen molar-refractivity contribution in [3.63, 3.8) is 0 Å². The molecule has 3 rings (SSSR count). The number of carbonyl (C=O) groups is 1. The highest BCUT2D eigenvalue weighted by molar-refractivity contribution is 5.96. The van der Waals surface area contributed by atoms with Crippen molar-refractivity contribution in [2.45, 2.75) is 51.7 Å². The number of aromatic nitrogens is 4. The van der Waals surface area contributed by atoms with Crippen molar-refractivity contribution >= 4 is 5.78 Å². The van der Waals surface area contributed by atoms with Crippen molar-refractivity contribution in [1.29, 1.82) is 0 Å². The topological polar surface area (TPSA) is 63.9 Å². The maximum Gasteiger partial charge on any atom is 0.165 e. The Balaban J connectivity index is 1.64. The van der Waals surface area contributed by atoms with Gasteiger partial charge >= 0.3 is 0 Å². The SMILES string of the molecule is CCCn1nnnc1CN1CCCC1CC(=O)c1ccccc1. The lowest BCUT2D eigenvalue weighted by molar-refractivity contribution is 0.0936. The van der Waals surface area contributed by atoms with Gasteiger partial charge in [-0.25, -0.2) is 4.68 Å². The van der Waals surface area contributed by atoms with E-state index in [9.17, 15) is 4.79 Å². The van der Waals surface area contributed by atoms with Crippen LogP contribution >= 0.6 is 0 Å². The highest BCUT2D eigenvalue weighted by atomic mass is 16.1. The smallest absolute Gasteiger partial charge is 0.165 e. The lowest BCUT2D eigenvalue weighted by Crippen LogP contribution is -2.32. The molecule has 0 bridgehead atoms. The van der Waals surface area contributed by atoms with Crippen LogP contribution in [-0.2, 0) is 13.1 Å². The van der Waals surface area contributed by atoms with E-state index in [-0.39, 0.29) is 11.8 Å². The third-order valence-corrected chi connectivity index (χ3v) is 4.40. The first-order valence-electron chi connectivity index (χ1n) is 8.35. The molecule has 122 valence electrons. The molecule has 0 saturated carbocycles. The van der Waals surface area contributed by atoms with E-state index in [0.29, 0.717) is 6.42 Å². The fraction of sp³-hybridized carbons (Fsp3) is 0.529. The maximum absolute atomic E-state index is 12.4. The zero-order valence-electron chi connectivity index (χ0n) is 13.6. The summed E-state index contributed by atoms with van der Waals surface area (Å²) in [6.45, 7) is 4.68. The molecule has 0 spiro atoms. The molecule has 1 fully saturated rings. The Morgan fingerprint density at radius 2 is 2.13 bits per heavy atom. The fourth-order valence-corrected chi connectivity index (χ4v) is 3.19. The second-order valence-electron chi connectivity index (χ2n) is 6.08. The van der Waals surface area contributed by atoms with Gasteiger partial charge in [-0.3, -0.25) is 9.69 Å². The Morgan fingerprint density at radius 3 is 2.91 bits per heavy atom. The Kier molecular flexibility index (Phi) is 5.12. The molecular weight excluding hydrogens is 290 g/mol. The summed E-state index contributed by atoms with van der Waals surface area (Å²) in [6, 6.07) is 9.84. The van der Waals surface area contributed by atoms with E-state index in [1.807, 2.05) is 35.0 Å². The quantitative estimate of drug-likeness (QED) is 0.734. The minimum atomic E-state index is 0.218. The van der Waals surface area contributed by atoms with E-state index in [1.54, 1.807) is 0 Å². The van der Waals surface area contributed by atoms with Crippen LogP contribution in [0, 0.1) is 0 Å². The van der Waals surface area contributed by atoms with E-state index in [0.717, 1.165) is 50.3 Å². The van der Waals surface area contributed by atoms with Crippen LogP contribution in [0.4, 0.5) is 0 Å². The normalized spacial score (nSPS) is 18.4. The molecule has 1 unspecified atom stereocenters. The van der Waals surface area contributed by atoms with Gasteiger partial charge in [0.2, 0.25) is 0 Å². The summed E-state index contributed by atoms with van der Waals surface area (Å²) in [7, 11) is 0. The van der Waals surface area contributed by atoms with E-state index in [4.69, 9.17) is 0 Å². The molecule has 6 nitrogen and oxygen atoms in total. The zero-order valence-corrected chi connectivity index (χ0v) is 13.6. The zero-order chi connectivity index (χ0) is 16.1. The van der Waals surface area contributed by atoms with Crippen LogP contribution in [0.25, 0.3) is 0 Å². The predicted octanol–water partition coefficient (Wildman–Crippen LogP) is 2.32. The van der Waals surface area contributed by atoms with Crippen molar-refractivity contribution in [1.82, 2.24) is 25.1 Å². The average Bonchev–Trinajstić information content (AvgIpc) is 3.19. The lowest BCUT2D eigenvalue weighted by Gasteiger charge is -2.23. The second kappa shape index (κ2) is 7.46. The van der Waals surface area contributed by atoms with Crippen molar-refractivity contribution < 1.29 is 4.79 Å². The molecule has 6 heteroatoms. The largest absolute Gasteiger partial charge is 0.294 e. The Labute approximate surface area is 136 Å². The molecule has 1 atom stereocenters. The van der Waals surface area contributed by atoms with Crippen LogP contribution in [0.15, 0.2) is 30.3 Å². The number of rotatable bonds is 7. The monoisotopic (exact) mass is 313 g/mol. The van der Waals surface area contributed by atoms with Gasteiger partial charge in [0.05, 0.1) is 6.54 Å². The van der Waals surface area contributed by atoms with Crippen LogP contribution in [0.2, 0.25) is 0 Å². The summed E-state index contributed by atoms with van der Waals surface area (Å²) < 4.78 is 1.87. The number of Topliss-reactive ketones (excluding diaryl/α,β-unsaturated/α-hetero) is 1. The van der Waals surface area contributed by atoms with Gasteiger partial charge < -0.3 is 0 Å². The van der Waals surface area contributed by atoms with E-state index < -0.39 is 0 Å². The summed E-state index contributed by atoms with van der Waals surface area (Å²) in [5, 5.41) is 12.0. The minimum absolute atomic E-state index is 0.218. The summed E-state index contributed by atoms with van der Waals surface area (Å²) in [6.07, 6.45) is 3.77. The van der Waals surface area contributed by atoms with Crippen molar-refractivity contribution in [3.05, 3.63) is 41.7 Å². The van der Waals surface area contributed by atoms with Gasteiger partial charge in [-0.2, -0.15) is 0 Å². The molecule has 0 amide bonds.